The van der Waals surface area contributed by atoms with Crippen LogP contribution >= 0.6 is 0 Å². The highest BCUT2D eigenvalue weighted by molar-refractivity contribution is 5.87. The lowest BCUT2D eigenvalue weighted by Gasteiger charge is -2.36. The number of benzene rings is 1. The average Bonchev–Trinajstić information content (AvgIpc) is 2.29. The number of carbonyl (C=O) groups is 1. The van der Waals surface area contributed by atoms with Gasteiger partial charge in [0.25, 0.3) is 0 Å². The normalized spacial score (nSPS) is 17.2. The van der Waals surface area contributed by atoms with Gasteiger partial charge in [-0.2, -0.15) is 0 Å². The number of hydrogen-bond donors (Lipinski definition) is 3. The molecule has 1 aromatic carbocycles. The highest BCUT2D eigenvalue weighted by atomic mass is 19.1. The van der Waals surface area contributed by atoms with Gasteiger partial charge in [-0.1, -0.05) is 0 Å². The van der Waals surface area contributed by atoms with Gasteiger partial charge < -0.3 is 15.5 Å². The zero-order chi connectivity index (χ0) is 13.2. The molecule has 18 heavy (non-hydrogen) atoms. The molecule has 98 valence electrons. The van der Waals surface area contributed by atoms with E-state index in [0.717, 1.165) is 25.3 Å². The van der Waals surface area contributed by atoms with E-state index in [9.17, 15) is 14.3 Å². The van der Waals surface area contributed by atoms with Crippen LogP contribution in [0.2, 0.25) is 0 Å². The Kier molecular flexibility index (Phi) is 3.63. The van der Waals surface area contributed by atoms with Crippen molar-refractivity contribution in [2.24, 2.45) is 0 Å². The Morgan fingerprint density at radius 3 is 2.72 bits per heavy atom. The summed E-state index contributed by atoms with van der Waals surface area (Å²) >= 11 is 0. The van der Waals surface area contributed by atoms with Crippen LogP contribution in [0.1, 0.15) is 35.2 Å². The van der Waals surface area contributed by atoms with Crippen molar-refractivity contribution >= 4 is 5.97 Å². The van der Waals surface area contributed by atoms with Gasteiger partial charge in [-0.25, -0.2) is 9.18 Å². The molecule has 0 spiro atoms. The van der Waals surface area contributed by atoms with Crippen LogP contribution in [-0.4, -0.2) is 28.3 Å². The molecule has 0 amide bonds. The highest BCUT2D eigenvalue weighted by Crippen LogP contribution is 2.30. The van der Waals surface area contributed by atoms with Crippen molar-refractivity contribution in [1.82, 2.24) is 5.32 Å². The predicted molar refractivity (Wildman–Crippen MR) is 63.9 cm³/mol. The lowest BCUT2D eigenvalue weighted by Crippen LogP contribution is -2.46. The highest BCUT2D eigenvalue weighted by Gasteiger charge is 2.33. The Balaban J connectivity index is 1.95. The monoisotopic (exact) mass is 253 g/mol. The van der Waals surface area contributed by atoms with Gasteiger partial charge in [0.2, 0.25) is 0 Å². The van der Waals surface area contributed by atoms with E-state index in [1.165, 1.54) is 12.1 Å². The van der Waals surface area contributed by atoms with Gasteiger partial charge in [0.05, 0.1) is 11.2 Å². The second-order valence-corrected chi connectivity index (χ2v) is 4.79. The molecule has 0 saturated heterocycles. The van der Waals surface area contributed by atoms with Crippen molar-refractivity contribution in [3.05, 3.63) is 35.1 Å². The summed E-state index contributed by atoms with van der Waals surface area (Å²) in [6.45, 7) is 0.624. The minimum absolute atomic E-state index is 0.0653. The standard InChI is InChI=1S/C13H16FNO3/c14-11-3-2-9(12(16)17)6-10(11)7-15-8-13(18)4-1-5-13/h2-3,6,15,18H,1,4-5,7-8H2,(H,16,17). The number of rotatable bonds is 5. The zero-order valence-electron chi connectivity index (χ0n) is 9.95. The molecule has 0 bridgehead atoms. The third-order valence-corrected chi connectivity index (χ3v) is 3.35. The van der Waals surface area contributed by atoms with Crippen molar-refractivity contribution in [2.75, 3.05) is 6.54 Å². The van der Waals surface area contributed by atoms with Gasteiger partial charge in [-0.3, -0.25) is 0 Å². The molecule has 3 N–H and O–H groups in total. The Labute approximate surface area is 104 Å². The summed E-state index contributed by atoms with van der Waals surface area (Å²) in [5, 5.41) is 21.6. The molecule has 1 aliphatic carbocycles. The molecule has 2 rings (SSSR count). The first-order valence-corrected chi connectivity index (χ1v) is 5.95. The first-order chi connectivity index (χ1) is 8.50. The van der Waals surface area contributed by atoms with E-state index in [1.54, 1.807) is 0 Å². The second-order valence-electron chi connectivity index (χ2n) is 4.79. The fourth-order valence-electron chi connectivity index (χ4n) is 2.03. The third-order valence-electron chi connectivity index (χ3n) is 3.35. The van der Waals surface area contributed by atoms with Gasteiger partial charge in [0, 0.05) is 18.7 Å². The molecule has 0 unspecified atom stereocenters. The molecular formula is C13H16FNO3. The van der Waals surface area contributed by atoms with Gasteiger partial charge in [0.1, 0.15) is 5.82 Å². The van der Waals surface area contributed by atoms with Gasteiger partial charge in [-0.15, -0.1) is 0 Å². The Morgan fingerprint density at radius 2 is 2.17 bits per heavy atom. The number of nitrogens with one attached hydrogen (secondary N) is 1. The summed E-state index contributed by atoms with van der Waals surface area (Å²) in [7, 11) is 0. The molecule has 0 heterocycles. The Morgan fingerprint density at radius 1 is 1.44 bits per heavy atom. The van der Waals surface area contributed by atoms with E-state index in [4.69, 9.17) is 5.11 Å². The Hall–Kier alpha value is -1.46. The first kappa shape index (κ1) is 13.0. The Bertz CT molecular complexity index is 458. The van der Waals surface area contributed by atoms with Gasteiger partial charge >= 0.3 is 5.97 Å². The lowest BCUT2D eigenvalue weighted by atomic mass is 9.80. The van der Waals surface area contributed by atoms with Gasteiger partial charge in [0.15, 0.2) is 0 Å². The molecule has 0 radical (unpaired) electrons. The van der Waals surface area contributed by atoms with E-state index in [-0.39, 0.29) is 12.1 Å². The van der Waals surface area contributed by atoms with Crippen molar-refractivity contribution in [3.8, 4) is 0 Å². The molecular weight excluding hydrogens is 237 g/mol. The summed E-state index contributed by atoms with van der Waals surface area (Å²) in [5.74, 6) is -1.51. The molecule has 0 aliphatic heterocycles. The first-order valence-electron chi connectivity index (χ1n) is 5.95. The molecule has 1 aromatic rings. The minimum Gasteiger partial charge on any atom is -0.478 e. The van der Waals surface area contributed by atoms with E-state index < -0.39 is 17.4 Å². The van der Waals surface area contributed by atoms with Crippen molar-refractivity contribution in [2.45, 2.75) is 31.4 Å². The number of carboxylic acid groups (broad SMARTS) is 1. The maximum Gasteiger partial charge on any atom is 0.335 e. The van der Waals surface area contributed by atoms with Crippen LogP contribution < -0.4 is 5.32 Å². The van der Waals surface area contributed by atoms with Crippen LogP contribution in [0.3, 0.4) is 0 Å². The number of hydrogen-bond acceptors (Lipinski definition) is 3. The summed E-state index contributed by atoms with van der Waals surface area (Å²) < 4.78 is 13.5. The summed E-state index contributed by atoms with van der Waals surface area (Å²) in [4.78, 5) is 10.8. The fourth-order valence-corrected chi connectivity index (χ4v) is 2.03. The third kappa shape index (κ3) is 2.86. The summed E-state index contributed by atoms with van der Waals surface area (Å²) in [6, 6.07) is 3.70. The minimum atomic E-state index is -1.08. The van der Waals surface area contributed by atoms with Crippen LogP contribution in [0.4, 0.5) is 4.39 Å². The van der Waals surface area contributed by atoms with Crippen molar-refractivity contribution in [1.29, 1.82) is 0 Å². The molecule has 4 nitrogen and oxygen atoms in total. The van der Waals surface area contributed by atoms with Gasteiger partial charge in [-0.05, 0) is 37.5 Å². The van der Waals surface area contributed by atoms with Crippen molar-refractivity contribution in [3.63, 3.8) is 0 Å². The number of aliphatic hydroxyl groups is 1. The quantitative estimate of drug-likeness (QED) is 0.744. The number of carboxylic acids is 1. The molecule has 1 aliphatic rings. The van der Waals surface area contributed by atoms with E-state index in [1.807, 2.05) is 0 Å². The molecule has 1 fully saturated rings. The maximum atomic E-state index is 13.5. The van der Waals surface area contributed by atoms with Crippen LogP contribution in [-0.2, 0) is 6.54 Å². The van der Waals surface area contributed by atoms with E-state index >= 15 is 0 Å². The molecule has 1 saturated carbocycles. The van der Waals surface area contributed by atoms with Crippen LogP contribution in [0.15, 0.2) is 18.2 Å². The predicted octanol–water partition coefficient (Wildman–Crippen LogP) is 1.53. The summed E-state index contributed by atoms with van der Waals surface area (Å²) in [5.41, 5.74) is -0.297. The second kappa shape index (κ2) is 5.04. The smallest absolute Gasteiger partial charge is 0.335 e. The van der Waals surface area contributed by atoms with Crippen LogP contribution in [0.5, 0.6) is 0 Å². The lowest BCUT2D eigenvalue weighted by molar-refractivity contribution is -0.0315. The number of halogens is 1. The van der Waals surface area contributed by atoms with Crippen molar-refractivity contribution < 1.29 is 19.4 Å². The van der Waals surface area contributed by atoms with E-state index in [0.29, 0.717) is 12.1 Å². The number of aromatic carboxylic acids is 1. The molecule has 5 heteroatoms. The fraction of sp³-hybridized carbons (Fsp3) is 0.462. The SMILES string of the molecule is O=C(O)c1ccc(F)c(CNCC2(O)CCC2)c1. The maximum absolute atomic E-state index is 13.5. The molecule has 0 aromatic heterocycles. The zero-order valence-corrected chi connectivity index (χ0v) is 9.95. The molecule has 0 atom stereocenters. The average molecular weight is 253 g/mol. The van der Waals surface area contributed by atoms with Crippen LogP contribution in [0, 0.1) is 5.82 Å². The topological polar surface area (TPSA) is 69.6 Å². The summed E-state index contributed by atoms with van der Waals surface area (Å²) in [6.07, 6.45) is 2.54. The van der Waals surface area contributed by atoms with E-state index in [2.05, 4.69) is 5.32 Å². The van der Waals surface area contributed by atoms with Crippen LogP contribution in [0.25, 0.3) is 0 Å². The largest absolute Gasteiger partial charge is 0.478 e.